The third kappa shape index (κ3) is 4.55. The predicted octanol–water partition coefficient (Wildman–Crippen LogP) is 1.08. The largest absolute Gasteiger partial charge is 0.485 e. The van der Waals surface area contributed by atoms with Gasteiger partial charge in [0.1, 0.15) is 18.8 Å². The number of hydrogen-bond acceptors (Lipinski definition) is 5. The molecule has 0 amide bonds. The minimum Gasteiger partial charge on any atom is -0.485 e. The average Bonchev–Trinajstić information content (AvgIpc) is 2.37. The van der Waals surface area contributed by atoms with E-state index in [-0.39, 0.29) is 32.0 Å². The van der Waals surface area contributed by atoms with Crippen molar-refractivity contribution in [2.75, 3.05) is 13.2 Å². The van der Waals surface area contributed by atoms with E-state index in [4.69, 9.17) is 9.84 Å². The molecule has 0 spiro atoms. The summed E-state index contributed by atoms with van der Waals surface area (Å²) >= 11 is 0. The lowest BCUT2D eigenvalue weighted by molar-refractivity contribution is -0.145. The van der Waals surface area contributed by atoms with Gasteiger partial charge in [0, 0.05) is 5.56 Å². The van der Waals surface area contributed by atoms with Crippen molar-refractivity contribution in [3.05, 3.63) is 29.8 Å². The van der Waals surface area contributed by atoms with Crippen LogP contribution in [0.3, 0.4) is 0 Å². The monoisotopic (exact) mass is 252 g/mol. The van der Waals surface area contributed by atoms with Crippen molar-refractivity contribution in [3.63, 3.8) is 0 Å². The molecule has 0 aromatic heterocycles. The number of esters is 1. The molecule has 98 valence electrons. The van der Waals surface area contributed by atoms with Crippen molar-refractivity contribution < 1.29 is 24.2 Å². The van der Waals surface area contributed by atoms with Crippen LogP contribution in [-0.2, 0) is 20.9 Å². The van der Waals surface area contributed by atoms with Gasteiger partial charge in [-0.1, -0.05) is 18.2 Å². The third-order valence-corrected chi connectivity index (χ3v) is 2.18. The van der Waals surface area contributed by atoms with Crippen LogP contribution in [0, 0.1) is 0 Å². The third-order valence-electron chi connectivity index (χ3n) is 2.18. The van der Waals surface area contributed by atoms with E-state index in [0.29, 0.717) is 11.3 Å². The van der Waals surface area contributed by atoms with Gasteiger partial charge in [-0.2, -0.15) is 0 Å². The summed E-state index contributed by atoms with van der Waals surface area (Å²) in [5.74, 6) is -0.472. The molecule has 0 radical (unpaired) electrons. The van der Waals surface area contributed by atoms with E-state index in [1.807, 2.05) is 0 Å². The molecule has 0 saturated heterocycles. The molecule has 1 aromatic carbocycles. The number of hydrogen-bond donors (Lipinski definition) is 1. The molecular formula is C13H16O5. The Morgan fingerprint density at radius 3 is 2.67 bits per heavy atom. The second kappa shape index (κ2) is 7.45. The SMILES string of the molecule is CCOC(=O)CC(=O)COc1ccccc1CO. The van der Waals surface area contributed by atoms with E-state index in [2.05, 4.69) is 4.74 Å². The molecule has 1 aromatic rings. The summed E-state index contributed by atoms with van der Waals surface area (Å²) in [5, 5.41) is 9.06. The maximum Gasteiger partial charge on any atom is 0.313 e. The van der Waals surface area contributed by atoms with Crippen molar-refractivity contribution >= 4 is 11.8 Å². The maximum absolute atomic E-state index is 11.4. The van der Waals surface area contributed by atoms with Crippen LogP contribution in [0.4, 0.5) is 0 Å². The number of rotatable bonds is 7. The fourth-order valence-corrected chi connectivity index (χ4v) is 1.36. The van der Waals surface area contributed by atoms with Gasteiger partial charge in [0.25, 0.3) is 0 Å². The van der Waals surface area contributed by atoms with E-state index < -0.39 is 5.97 Å². The van der Waals surface area contributed by atoms with Crippen LogP contribution < -0.4 is 4.74 Å². The van der Waals surface area contributed by atoms with Gasteiger partial charge >= 0.3 is 5.97 Å². The topological polar surface area (TPSA) is 72.8 Å². The van der Waals surface area contributed by atoms with Crippen LogP contribution in [0.15, 0.2) is 24.3 Å². The summed E-state index contributed by atoms with van der Waals surface area (Å²) in [6.07, 6.45) is -0.296. The number of aliphatic hydroxyl groups is 1. The molecule has 0 aliphatic rings. The molecule has 0 aliphatic carbocycles. The van der Waals surface area contributed by atoms with Gasteiger partial charge in [-0.25, -0.2) is 0 Å². The summed E-state index contributed by atoms with van der Waals surface area (Å²) in [6, 6.07) is 6.86. The van der Waals surface area contributed by atoms with Crippen LogP contribution in [-0.4, -0.2) is 30.1 Å². The Balaban J connectivity index is 2.45. The zero-order valence-electron chi connectivity index (χ0n) is 10.2. The molecule has 0 fully saturated rings. The van der Waals surface area contributed by atoms with E-state index in [0.717, 1.165) is 0 Å². The number of ether oxygens (including phenoxy) is 2. The lowest BCUT2D eigenvalue weighted by atomic mass is 10.2. The molecular weight excluding hydrogens is 236 g/mol. The summed E-state index contributed by atoms with van der Waals surface area (Å²) in [7, 11) is 0. The lowest BCUT2D eigenvalue weighted by Gasteiger charge is -2.08. The quantitative estimate of drug-likeness (QED) is 0.580. The standard InChI is InChI=1S/C13H16O5/c1-2-17-13(16)7-11(15)9-18-12-6-4-3-5-10(12)8-14/h3-6,14H,2,7-9H2,1H3. The van der Waals surface area contributed by atoms with E-state index in [1.54, 1.807) is 31.2 Å². The van der Waals surface area contributed by atoms with E-state index in [1.165, 1.54) is 0 Å². The van der Waals surface area contributed by atoms with E-state index in [9.17, 15) is 9.59 Å². The number of para-hydroxylation sites is 1. The Hall–Kier alpha value is -1.88. The van der Waals surface area contributed by atoms with Gasteiger partial charge in [0.05, 0.1) is 13.2 Å². The molecule has 18 heavy (non-hydrogen) atoms. The minimum atomic E-state index is -0.554. The fraction of sp³-hybridized carbons (Fsp3) is 0.385. The predicted molar refractivity (Wildman–Crippen MR) is 64.1 cm³/mol. The summed E-state index contributed by atoms with van der Waals surface area (Å²) in [4.78, 5) is 22.5. The first kappa shape index (κ1) is 14.2. The smallest absolute Gasteiger partial charge is 0.313 e. The number of Topliss-reactive ketones (excluding diaryl/α,β-unsaturated/α-hetero) is 1. The molecule has 5 heteroatoms. The first-order valence-corrected chi connectivity index (χ1v) is 5.66. The zero-order valence-corrected chi connectivity index (χ0v) is 10.2. The molecule has 1 N–H and O–H groups in total. The highest BCUT2D eigenvalue weighted by Crippen LogP contribution is 2.17. The van der Waals surface area contributed by atoms with Crippen molar-refractivity contribution in [1.82, 2.24) is 0 Å². The highest BCUT2D eigenvalue weighted by molar-refractivity contribution is 5.96. The molecule has 0 heterocycles. The van der Waals surface area contributed by atoms with E-state index >= 15 is 0 Å². The Morgan fingerprint density at radius 2 is 2.00 bits per heavy atom. The number of benzene rings is 1. The highest BCUT2D eigenvalue weighted by atomic mass is 16.5. The molecule has 0 unspecified atom stereocenters. The Morgan fingerprint density at radius 1 is 1.28 bits per heavy atom. The first-order chi connectivity index (χ1) is 8.67. The Labute approximate surface area is 105 Å². The molecule has 0 aliphatic heterocycles. The van der Waals surface area contributed by atoms with Crippen LogP contribution in [0.25, 0.3) is 0 Å². The second-order valence-electron chi connectivity index (χ2n) is 3.57. The summed E-state index contributed by atoms with van der Waals surface area (Å²) in [5.41, 5.74) is 0.599. The van der Waals surface area contributed by atoms with Crippen LogP contribution in [0.1, 0.15) is 18.9 Å². The van der Waals surface area contributed by atoms with Crippen molar-refractivity contribution in [2.24, 2.45) is 0 Å². The van der Waals surface area contributed by atoms with Gasteiger partial charge < -0.3 is 14.6 Å². The minimum absolute atomic E-state index is 0.164. The second-order valence-corrected chi connectivity index (χ2v) is 3.57. The van der Waals surface area contributed by atoms with Gasteiger partial charge in [-0.3, -0.25) is 9.59 Å². The zero-order chi connectivity index (χ0) is 13.4. The van der Waals surface area contributed by atoms with Gasteiger partial charge in [-0.15, -0.1) is 0 Å². The number of ketones is 1. The molecule has 5 nitrogen and oxygen atoms in total. The first-order valence-electron chi connectivity index (χ1n) is 5.66. The molecule has 0 atom stereocenters. The Kier molecular flexibility index (Phi) is 5.87. The van der Waals surface area contributed by atoms with Gasteiger partial charge in [0.15, 0.2) is 5.78 Å². The number of carbonyl (C=O) groups is 2. The average molecular weight is 252 g/mol. The normalized spacial score (nSPS) is 9.89. The highest BCUT2D eigenvalue weighted by Gasteiger charge is 2.11. The van der Waals surface area contributed by atoms with Crippen LogP contribution >= 0.6 is 0 Å². The van der Waals surface area contributed by atoms with Crippen molar-refractivity contribution in [2.45, 2.75) is 20.0 Å². The molecule has 0 bridgehead atoms. The van der Waals surface area contributed by atoms with Gasteiger partial charge in [-0.05, 0) is 13.0 Å². The van der Waals surface area contributed by atoms with Crippen LogP contribution in [0.2, 0.25) is 0 Å². The maximum atomic E-state index is 11.4. The Bertz CT molecular complexity index is 414. The number of aliphatic hydroxyl groups excluding tert-OH is 1. The number of carbonyl (C=O) groups excluding carboxylic acids is 2. The summed E-state index contributed by atoms with van der Waals surface area (Å²) < 4.78 is 9.91. The summed E-state index contributed by atoms with van der Waals surface area (Å²) in [6.45, 7) is 1.55. The fourth-order valence-electron chi connectivity index (χ4n) is 1.36. The van der Waals surface area contributed by atoms with Gasteiger partial charge in [0.2, 0.25) is 0 Å². The molecule has 1 rings (SSSR count). The lowest BCUT2D eigenvalue weighted by Crippen LogP contribution is -2.17. The van der Waals surface area contributed by atoms with Crippen LogP contribution in [0.5, 0.6) is 5.75 Å². The van der Waals surface area contributed by atoms with Crippen molar-refractivity contribution in [3.8, 4) is 5.75 Å². The molecule has 0 saturated carbocycles. The van der Waals surface area contributed by atoms with Crippen molar-refractivity contribution in [1.29, 1.82) is 0 Å².